The first-order valence-electron chi connectivity index (χ1n) is 3.65. The van der Waals surface area contributed by atoms with Gasteiger partial charge in [0.25, 0.3) is 0 Å². The van der Waals surface area contributed by atoms with Gasteiger partial charge in [-0.05, 0) is 25.0 Å². The number of benzene rings is 1. The van der Waals surface area contributed by atoms with Crippen molar-refractivity contribution in [3.05, 3.63) is 34.9 Å². The Balaban J connectivity index is 2.98. The average molecular weight is 147 g/mol. The number of hydrogen-bond acceptors (Lipinski definition) is 1. The van der Waals surface area contributed by atoms with Gasteiger partial charge >= 0.3 is 0 Å². The molecular weight excluding hydrogens is 136 g/mol. The van der Waals surface area contributed by atoms with Crippen LogP contribution in [0.25, 0.3) is 0 Å². The lowest BCUT2D eigenvalue weighted by Gasteiger charge is -2.01. The molecule has 1 aromatic carbocycles. The van der Waals surface area contributed by atoms with Gasteiger partial charge in [-0.2, -0.15) is 0 Å². The van der Waals surface area contributed by atoms with E-state index in [0.717, 1.165) is 5.56 Å². The molecule has 0 heterocycles. The zero-order valence-electron chi connectivity index (χ0n) is 6.85. The molecule has 0 bridgehead atoms. The second kappa shape index (κ2) is 3.33. The fourth-order valence-corrected chi connectivity index (χ4v) is 1.12. The van der Waals surface area contributed by atoms with Crippen molar-refractivity contribution in [2.75, 3.05) is 0 Å². The summed E-state index contributed by atoms with van der Waals surface area (Å²) in [4.78, 5) is 10.1. The molecule has 1 rings (SSSR count). The summed E-state index contributed by atoms with van der Waals surface area (Å²) in [6.45, 7) is 4.06. The van der Waals surface area contributed by atoms with E-state index in [1.807, 2.05) is 32.3 Å². The summed E-state index contributed by atoms with van der Waals surface area (Å²) in [6.07, 6.45) is 2.30. The van der Waals surface area contributed by atoms with Gasteiger partial charge in [-0.25, -0.2) is 0 Å². The summed E-state index contributed by atoms with van der Waals surface area (Å²) in [6, 6.07) is 6.07. The predicted molar refractivity (Wildman–Crippen MR) is 45.3 cm³/mol. The monoisotopic (exact) mass is 147 g/mol. The molecule has 0 saturated heterocycles. The minimum absolute atomic E-state index is 0.409. The van der Waals surface area contributed by atoms with Gasteiger partial charge in [-0.1, -0.05) is 23.8 Å². The molecule has 0 amide bonds. The highest BCUT2D eigenvalue weighted by atomic mass is 16.1. The zero-order chi connectivity index (χ0) is 8.27. The molecule has 0 N–H and O–H groups in total. The Kier molecular flexibility index (Phi) is 2.42. The van der Waals surface area contributed by atoms with Crippen LogP contribution in [0.5, 0.6) is 0 Å². The normalized spacial score (nSPS) is 9.64. The summed E-state index contributed by atoms with van der Waals surface area (Å²) in [5, 5.41) is 0. The molecule has 57 valence electrons. The summed E-state index contributed by atoms with van der Waals surface area (Å²) in [5.74, 6) is 0. The van der Waals surface area contributed by atoms with Gasteiger partial charge in [-0.3, -0.25) is 4.79 Å². The molecule has 1 nitrogen and oxygen atoms in total. The standard InChI is InChI=1S/C10H11O/c1-8-3-4-10(5-6-11)9(2)7-8/h3-4,7H,5H2,1-2H3. The van der Waals surface area contributed by atoms with E-state index in [2.05, 4.69) is 6.07 Å². The zero-order valence-corrected chi connectivity index (χ0v) is 6.85. The van der Waals surface area contributed by atoms with Crippen molar-refractivity contribution in [1.82, 2.24) is 0 Å². The fraction of sp³-hybridized carbons (Fsp3) is 0.300. The SMILES string of the molecule is Cc1ccc(C[C]=O)c(C)c1. The lowest BCUT2D eigenvalue weighted by Crippen LogP contribution is -1.90. The molecule has 0 fully saturated rings. The van der Waals surface area contributed by atoms with Crippen molar-refractivity contribution in [1.29, 1.82) is 0 Å². The van der Waals surface area contributed by atoms with Gasteiger partial charge < -0.3 is 0 Å². The highest BCUT2D eigenvalue weighted by Gasteiger charge is 1.96. The number of carbonyl (C=O) groups excluding carboxylic acids is 1. The molecule has 11 heavy (non-hydrogen) atoms. The van der Waals surface area contributed by atoms with Crippen LogP contribution in [0.1, 0.15) is 16.7 Å². The minimum atomic E-state index is 0.409. The molecule has 0 aliphatic heterocycles. The fourth-order valence-electron chi connectivity index (χ4n) is 1.12. The van der Waals surface area contributed by atoms with Gasteiger partial charge in [-0.15, -0.1) is 0 Å². The first kappa shape index (κ1) is 7.99. The van der Waals surface area contributed by atoms with Crippen LogP contribution < -0.4 is 0 Å². The van der Waals surface area contributed by atoms with Crippen molar-refractivity contribution in [3.8, 4) is 0 Å². The summed E-state index contributed by atoms with van der Waals surface area (Å²) >= 11 is 0. The van der Waals surface area contributed by atoms with E-state index in [-0.39, 0.29) is 0 Å². The maximum atomic E-state index is 10.1. The Morgan fingerprint density at radius 2 is 2.09 bits per heavy atom. The van der Waals surface area contributed by atoms with Gasteiger partial charge in [0.15, 0.2) is 0 Å². The third-order valence-corrected chi connectivity index (χ3v) is 1.76. The highest BCUT2D eigenvalue weighted by Crippen LogP contribution is 2.09. The molecule has 1 aromatic rings. The van der Waals surface area contributed by atoms with Gasteiger partial charge in [0.1, 0.15) is 0 Å². The molecular formula is C10H11O. The van der Waals surface area contributed by atoms with E-state index in [1.54, 1.807) is 0 Å². The van der Waals surface area contributed by atoms with E-state index in [9.17, 15) is 4.79 Å². The smallest absolute Gasteiger partial charge is 0.203 e. The van der Waals surface area contributed by atoms with Gasteiger partial charge in [0.2, 0.25) is 6.29 Å². The lowest BCUT2D eigenvalue weighted by molar-refractivity contribution is 0.555. The van der Waals surface area contributed by atoms with Crippen molar-refractivity contribution in [2.45, 2.75) is 20.3 Å². The third-order valence-electron chi connectivity index (χ3n) is 1.76. The quantitative estimate of drug-likeness (QED) is 0.625. The van der Waals surface area contributed by atoms with E-state index >= 15 is 0 Å². The molecule has 0 spiro atoms. The molecule has 0 aliphatic carbocycles. The largest absolute Gasteiger partial charge is 0.291 e. The average Bonchev–Trinajstić information content (AvgIpc) is 1.95. The van der Waals surface area contributed by atoms with E-state index in [1.165, 1.54) is 11.1 Å². The van der Waals surface area contributed by atoms with Crippen molar-refractivity contribution in [2.24, 2.45) is 0 Å². The maximum Gasteiger partial charge on any atom is 0.203 e. The topological polar surface area (TPSA) is 17.1 Å². The molecule has 0 aromatic heterocycles. The predicted octanol–water partition coefficient (Wildman–Crippen LogP) is 1.96. The van der Waals surface area contributed by atoms with E-state index in [4.69, 9.17) is 0 Å². The second-order valence-corrected chi connectivity index (χ2v) is 2.75. The van der Waals surface area contributed by atoms with Crippen LogP contribution in [-0.2, 0) is 11.2 Å². The Bertz CT molecular complexity index is 264. The highest BCUT2D eigenvalue weighted by molar-refractivity contribution is 5.57. The van der Waals surface area contributed by atoms with Gasteiger partial charge in [0, 0.05) is 6.42 Å². The summed E-state index contributed by atoms with van der Waals surface area (Å²) in [7, 11) is 0. The van der Waals surface area contributed by atoms with Crippen LogP contribution in [0.3, 0.4) is 0 Å². The van der Waals surface area contributed by atoms with E-state index in [0.29, 0.717) is 6.42 Å². The van der Waals surface area contributed by atoms with Crippen LogP contribution >= 0.6 is 0 Å². The molecule has 0 unspecified atom stereocenters. The summed E-state index contributed by atoms with van der Waals surface area (Å²) in [5.41, 5.74) is 3.48. The molecule has 1 heteroatoms. The third kappa shape index (κ3) is 1.90. The number of hydrogen-bond donors (Lipinski definition) is 0. The summed E-state index contributed by atoms with van der Waals surface area (Å²) < 4.78 is 0. The van der Waals surface area contributed by atoms with Crippen molar-refractivity contribution in [3.63, 3.8) is 0 Å². The van der Waals surface area contributed by atoms with Crippen LogP contribution in [0.2, 0.25) is 0 Å². The Hall–Kier alpha value is -1.11. The van der Waals surface area contributed by atoms with Crippen LogP contribution in [0.15, 0.2) is 18.2 Å². The number of aryl methyl sites for hydroxylation is 2. The Morgan fingerprint density at radius 3 is 2.64 bits per heavy atom. The first-order valence-corrected chi connectivity index (χ1v) is 3.65. The van der Waals surface area contributed by atoms with Crippen LogP contribution in [0.4, 0.5) is 0 Å². The Labute approximate surface area is 67.1 Å². The molecule has 1 radical (unpaired) electrons. The molecule has 0 aliphatic rings. The van der Waals surface area contributed by atoms with Crippen molar-refractivity contribution >= 4 is 6.29 Å². The first-order chi connectivity index (χ1) is 5.24. The van der Waals surface area contributed by atoms with Crippen LogP contribution in [0, 0.1) is 13.8 Å². The van der Waals surface area contributed by atoms with Gasteiger partial charge in [0.05, 0.1) is 0 Å². The van der Waals surface area contributed by atoms with Crippen LogP contribution in [-0.4, -0.2) is 6.29 Å². The number of rotatable bonds is 2. The lowest BCUT2D eigenvalue weighted by atomic mass is 10.0. The van der Waals surface area contributed by atoms with E-state index < -0.39 is 0 Å². The minimum Gasteiger partial charge on any atom is -0.291 e. The molecule has 0 atom stereocenters. The second-order valence-electron chi connectivity index (χ2n) is 2.75. The maximum absolute atomic E-state index is 10.1. The molecule has 0 saturated carbocycles. The van der Waals surface area contributed by atoms with Crippen molar-refractivity contribution < 1.29 is 4.79 Å². The Morgan fingerprint density at radius 1 is 1.36 bits per heavy atom.